The molecule has 13 nitrogen and oxygen atoms in total. The number of hydrogen-bond donors (Lipinski definition) is 4. The average Bonchev–Trinajstić information content (AvgIpc) is 2.97. The molecule has 1 aromatic rings. The van der Waals surface area contributed by atoms with Gasteiger partial charge in [0.2, 0.25) is 5.60 Å². The van der Waals surface area contributed by atoms with E-state index >= 15 is 0 Å². The number of thiazole rings is 1. The van der Waals surface area contributed by atoms with Gasteiger partial charge in [-0.05, 0) is 20.8 Å². The SMILES string of the molecule is C[C@H]1[C@H](NC(=O)/C(=N\OC(C)(C)C(=O)O)c2cnc(N)s2)C(=O)N1S(=O)(=O)O. The van der Waals surface area contributed by atoms with Gasteiger partial charge in [0.15, 0.2) is 10.8 Å². The van der Waals surface area contributed by atoms with Crippen LogP contribution >= 0.6 is 11.3 Å². The first kappa shape index (κ1) is 21.5. The van der Waals surface area contributed by atoms with Gasteiger partial charge in [0.05, 0.1) is 10.9 Å². The van der Waals surface area contributed by atoms with E-state index in [2.05, 4.69) is 15.5 Å². The van der Waals surface area contributed by atoms with E-state index in [9.17, 15) is 22.8 Å². The molecule has 15 heteroatoms. The van der Waals surface area contributed by atoms with Crippen LogP contribution in [0.3, 0.4) is 0 Å². The number of amides is 2. The minimum Gasteiger partial charge on any atom is -0.478 e. The van der Waals surface area contributed by atoms with Crippen LogP contribution in [-0.2, 0) is 29.5 Å². The smallest absolute Gasteiger partial charge is 0.362 e. The quantitative estimate of drug-likeness (QED) is 0.175. The number of carbonyl (C=O) groups is 3. The van der Waals surface area contributed by atoms with Crippen molar-refractivity contribution >= 4 is 50.3 Å². The number of carbonyl (C=O) groups excluding carboxylic acids is 2. The summed E-state index contributed by atoms with van der Waals surface area (Å²) in [5.41, 5.74) is 3.36. The van der Waals surface area contributed by atoms with Crippen LogP contribution in [0.15, 0.2) is 11.4 Å². The van der Waals surface area contributed by atoms with E-state index in [1.807, 2.05) is 0 Å². The number of β-lactam (4-membered cyclic amide) rings is 1. The van der Waals surface area contributed by atoms with Gasteiger partial charge in [-0.1, -0.05) is 16.5 Å². The highest BCUT2D eigenvalue weighted by atomic mass is 32.2. The molecule has 0 spiro atoms. The van der Waals surface area contributed by atoms with Gasteiger partial charge in [0, 0.05) is 6.20 Å². The van der Waals surface area contributed by atoms with E-state index in [-0.39, 0.29) is 14.3 Å². The molecule has 0 bridgehead atoms. The highest BCUT2D eigenvalue weighted by Crippen LogP contribution is 2.24. The van der Waals surface area contributed by atoms with Crippen molar-refractivity contribution in [2.45, 2.75) is 38.5 Å². The third-order valence-corrected chi connectivity index (χ3v) is 5.57. The molecule has 2 atom stereocenters. The Bertz CT molecular complexity index is 954. The summed E-state index contributed by atoms with van der Waals surface area (Å²) in [4.78, 5) is 44.5. The predicted molar refractivity (Wildman–Crippen MR) is 95.7 cm³/mol. The zero-order chi connectivity index (χ0) is 21.4. The molecular formula is C13H17N5O8S2. The van der Waals surface area contributed by atoms with Crippen molar-refractivity contribution in [2.75, 3.05) is 5.73 Å². The number of nitrogens with zero attached hydrogens (tertiary/aromatic N) is 3. The molecule has 0 aliphatic carbocycles. The number of rotatable bonds is 7. The fourth-order valence-electron chi connectivity index (χ4n) is 2.11. The van der Waals surface area contributed by atoms with Crippen molar-refractivity contribution in [3.05, 3.63) is 11.1 Å². The molecule has 28 heavy (non-hydrogen) atoms. The molecule has 0 radical (unpaired) electrons. The lowest BCUT2D eigenvalue weighted by Gasteiger charge is -2.42. The predicted octanol–water partition coefficient (Wildman–Crippen LogP) is -1.17. The standard InChI is InChI=1S/C13H17N5O8S2/c1-5-7(10(20)18(5)28(23,24)25)16-9(19)8(6-4-15-12(14)27-6)17-26-13(2,3)11(21)22/h4-5,7H,1-3H3,(H2,14,15)(H,16,19)(H,21,22)(H,23,24,25)/b17-8-/t5-,7-/m0/s1. The van der Waals surface area contributed by atoms with Crippen LogP contribution in [0.1, 0.15) is 25.6 Å². The molecule has 1 aliphatic rings. The van der Waals surface area contributed by atoms with E-state index in [1.165, 1.54) is 27.0 Å². The summed E-state index contributed by atoms with van der Waals surface area (Å²) in [6.07, 6.45) is 1.20. The first-order chi connectivity index (χ1) is 12.8. The molecule has 1 fully saturated rings. The summed E-state index contributed by atoms with van der Waals surface area (Å²) < 4.78 is 31.5. The van der Waals surface area contributed by atoms with Crippen molar-refractivity contribution < 1.29 is 37.3 Å². The molecule has 0 saturated carbocycles. The van der Waals surface area contributed by atoms with Crippen LogP contribution in [0.2, 0.25) is 0 Å². The van der Waals surface area contributed by atoms with Gasteiger partial charge >= 0.3 is 16.3 Å². The van der Waals surface area contributed by atoms with Gasteiger partial charge < -0.3 is 21.0 Å². The Balaban J connectivity index is 2.26. The number of aromatic nitrogens is 1. The average molecular weight is 435 g/mol. The lowest BCUT2D eigenvalue weighted by molar-refractivity contribution is -0.161. The lowest BCUT2D eigenvalue weighted by atomic mass is 10.0. The van der Waals surface area contributed by atoms with Crippen molar-refractivity contribution in [2.24, 2.45) is 5.16 Å². The second-order valence-electron chi connectivity index (χ2n) is 6.21. The second kappa shape index (κ2) is 7.33. The maximum absolute atomic E-state index is 12.6. The topological polar surface area (TPSA) is 202 Å². The van der Waals surface area contributed by atoms with Gasteiger partial charge in [-0.2, -0.15) is 8.42 Å². The Hall–Kier alpha value is -2.78. The van der Waals surface area contributed by atoms with E-state index in [4.69, 9.17) is 20.2 Å². The Morgan fingerprint density at radius 2 is 2.07 bits per heavy atom. The maximum Gasteiger partial charge on any atom is 0.362 e. The molecule has 0 unspecified atom stereocenters. The zero-order valence-corrected chi connectivity index (χ0v) is 16.4. The van der Waals surface area contributed by atoms with E-state index < -0.39 is 51.5 Å². The van der Waals surface area contributed by atoms with Gasteiger partial charge in [-0.15, -0.1) is 0 Å². The molecule has 1 aliphatic heterocycles. The molecule has 154 valence electrons. The van der Waals surface area contributed by atoms with Crippen molar-refractivity contribution in [3.8, 4) is 0 Å². The highest BCUT2D eigenvalue weighted by molar-refractivity contribution is 7.84. The third-order valence-electron chi connectivity index (χ3n) is 3.72. The summed E-state index contributed by atoms with van der Waals surface area (Å²) in [5.74, 6) is -3.34. The summed E-state index contributed by atoms with van der Waals surface area (Å²) in [6, 6.07) is -2.30. The molecule has 0 aromatic carbocycles. The van der Waals surface area contributed by atoms with Crippen LogP contribution in [0.25, 0.3) is 0 Å². The summed E-state index contributed by atoms with van der Waals surface area (Å²) in [7, 11) is -4.75. The Labute approximate surface area is 163 Å². The van der Waals surface area contributed by atoms with Gasteiger partial charge in [0.1, 0.15) is 6.04 Å². The number of nitrogens with one attached hydrogen (secondary N) is 1. The first-order valence-corrected chi connectivity index (χ1v) is 9.80. The van der Waals surface area contributed by atoms with Crippen LogP contribution in [0.4, 0.5) is 5.13 Å². The molecule has 2 amide bonds. The largest absolute Gasteiger partial charge is 0.478 e. The number of carboxylic acids is 1. The number of nitrogens with two attached hydrogens (primary N) is 1. The van der Waals surface area contributed by atoms with Crippen LogP contribution in [0, 0.1) is 0 Å². The number of nitrogen functional groups attached to an aromatic ring is 1. The Morgan fingerprint density at radius 1 is 1.46 bits per heavy atom. The van der Waals surface area contributed by atoms with E-state index in [1.54, 1.807) is 0 Å². The molecular weight excluding hydrogens is 418 g/mol. The summed E-state index contributed by atoms with van der Waals surface area (Å²) in [5, 5.41) is 15.0. The van der Waals surface area contributed by atoms with Crippen molar-refractivity contribution in [1.29, 1.82) is 0 Å². The number of oxime groups is 1. The van der Waals surface area contributed by atoms with Crippen molar-refractivity contribution in [3.63, 3.8) is 0 Å². The number of carboxylic acid groups (broad SMARTS) is 1. The normalized spacial score (nSPS) is 20.5. The fraction of sp³-hybridized carbons (Fsp3) is 0.462. The Kier molecular flexibility index (Phi) is 5.63. The number of hydrogen-bond acceptors (Lipinski definition) is 10. The Morgan fingerprint density at radius 3 is 2.50 bits per heavy atom. The first-order valence-electron chi connectivity index (χ1n) is 7.58. The maximum atomic E-state index is 12.6. The minimum absolute atomic E-state index is 0.0960. The molecule has 2 heterocycles. The van der Waals surface area contributed by atoms with Gasteiger partial charge in [-0.25, -0.2) is 14.1 Å². The van der Waals surface area contributed by atoms with Crippen LogP contribution in [0.5, 0.6) is 0 Å². The van der Waals surface area contributed by atoms with Crippen LogP contribution < -0.4 is 11.1 Å². The van der Waals surface area contributed by atoms with Gasteiger partial charge in [-0.3, -0.25) is 14.1 Å². The highest BCUT2D eigenvalue weighted by Gasteiger charge is 2.51. The third kappa shape index (κ3) is 4.20. The lowest BCUT2D eigenvalue weighted by Crippen LogP contribution is -2.71. The zero-order valence-electron chi connectivity index (χ0n) is 14.8. The summed E-state index contributed by atoms with van der Waals surface area (Å²) >= 11 is 0.859. The molecule has 1 saturated heterocycles. The minimum atomic E-state index is -4.75. The molecule has 5 N–H and O–H groups in total. The van der Waals surface area contributed by atoms with Crippen LogP contribution in [-0.4, -0.2) is 68.5 Å². The number of aliphatic carboxylic acids is 1. The van der Waals surface area contributed by atoms with E-state index in [0.717, 1.165) is 11.3 Å². The van der Waals surface area contributed by atoms with Gasteiger partial charge in [0.25, 0.3) is 11.8 Å². The molecule has 1 aromatic heterocycles. The van der Waals surface area contributed by atoms with E-state index in [0.29, 0.717) is 0 Å². The fourth-order valence-corrected chi connectivity index (χ4v) is 3.65. The number of anilines is 1. The second-order valence-corrected chi connectivity index (χ2v) is 8.56. The summed E-state index contributed by atoms with van der Waals surface area (Å²) in [6.45, 7) is 3.71. The van der Waals surface area contributed by atoms with Crippen molar-refractivity contribution in [1.82, 2.24) is 14.6 Å². The monoisotopic (exact) mass is 435 g/mol. The molecule has 2 rings (SSSR count).